The van der Waals surface area contributed by atoms with Crippen LogP contribution in [-0.2, 0) is 24.2 Å². The molecule has 0 heterocycles. The maximum absolute atomic E-state index is 11.9. The highest BCUT2D eigenvalue weighted by molar-refractivity contribution is 5.76. The molecule has 1 N–H and O–H groups in total. The standard InChI is InChI=1S/C27H29NO2/c1-2-28-27(29)17-21-10-13-25-18-26(15-14-24(25)16-21)30-19-20-8-11-23(12-9-20)22-6-4-3-5-7-22/h3-9,11-12,14-15,18,21H,2,10,13,16-17,19H2,1H3,(H,28,29). The molecule has 1 aliphatic rings. The summed E-state index contributed by atoms with van der Waals surface area (Å²) >= 11 is 0. The van der Waals surface area contributed by atoms with Crippen molar-refractivity contribution in [2.75, 3.05) is 6.54 Å². The summed E-state index contributed by atoms with van der Waals surface area (Å²) in [5.74, 6) is 1.53. The summed E-state index contributed by atoms with van der Waals surface area (Å²) in [6, 6.07) is 25.4. The van der Waals surface area contributed by atoms with Gasteiger partial charge in [0.2, 0.25) is 5.91 Å². The van der Waals surface area contributed by atoms with Crippen LogP contribution in [0.4, 0.5) is 0 Å². The molecule has 0 radical (unpaired) electrons. The number of hydrogen-bond acceptors (Lipinski definition) is 2. The highest BCUT2D eigenvalue weighted by Crippen LogP contribution is 2.30. The quantitative estimate of drug-likeness (QED) is 0.564. The Kier molecular flexibility index (Phi) is 6.48. The van der Waals surface area contributed by atoms with Crippen LogP contribution in [0.25, 0.3) is 11.1 Å². The van der Waals surface area contributed by atoms with Gasteiger partial charge in [-0.3, -0.25) is 4.79 Å². The van der Waals surface area contributed by atoms with Crippen molar-refractivity contribution < 1.29 is 9.53 Å². The molecule has 154 valence electrons. The third kappa shape index (κ3) is 5.10. The third-order valence-corrected chi connectivity index (χ3v) is 5.82. The molecule has 3 nitrogen and oxygen atoms in total. The second-order valence-electron chi connectivity index (χ2n) is 8.05. The third-order valence-electron chi connectivity index (χ3n) is 5.82. The van der Waals surface area contributed by atoms with E-state index in [1.165, 1.54) is 22.3 Å². The fourth-order valence-electron chi connectivity index (χ4n) is 4.19. The van der Waals surface area contributed by atoms with E-state index in [2.05, 4.69) is 72.0 Å². The Labute approximate surface area is 179 Å². The number of carbonyl (C=O) groups excluding carboxylic acids is 1. The number of fused-ring (bicyclic) bond motifs is 1. The minimum atomic E-state index is 0.171. The van der Waals surface area contributed by atoms with Gasteiger partial charge < -0.3 is 10.1 Å². The lowest BCUT2D eigenvalue weighted by Gasteiger charge is -2.24. The number of carbonyl (C=O) groups is 1. The van der Waals surface area contributed by atoms with Crippen molar-refractivity contribution in [3.8, 4) is 16.9 Å². The van der Waals surface area contributed by atoms with Crippen LogP contribution in [0.1, 0.15) is 36.5 Å². The summed E-state index contributed by atoms with van der Waals surface area (Å²) in [5, 5.41) is 2.91. The molecule has 0 saturated carbocycles. The van der Waals surface area contributed by atoms with E-state index >= 15 is 0 Å². The summed E-state index contributed by atoms with van der Waals surface area (Å²) in [6.45, 7) is 3.23. The molecule has 1 atom stereocenters. The van der Waals surface area contributed by atoms with E-state index in [4.69, 9.17) is 4.74 Å². The first-order valence-electron chi connectivity index (χ1n) is 10.9. The van der Waals surface area contributed by atoms with Gasteiger partial charge in [-0.15, -0.1) is 0 Å². The Morgan fingerprint density at radius 3 is 2.50 bits per heavy atom. The molecule has 1 unspecified atom stereocenters. The second-order valence-corrected chi connectivity index (χ2v) is 8.05. The van der Waals surface area contributed by atoms with Crippen LogP contribution < -0.4 is 10.1 Å². The Bertz CT molecular complexity index is 980. The van der Waals surface area contributed by atoms with Gasteiger partial charge in [-0.1, -0.05) is 60.7 Å². The average molecular weight is 400 g/mol. The van der Waals surface area contributed by atoms with Crippen LogP contribution in [0.15, 0.2) is 72.8 Å². The van der Waals surface area contributed by atoms with Gasteiger partial charge in [0.15, 0.2) is 0 Å². The molecule has 0 saturated heterocycles. The van der Waals surface area contributed by atoms with Crippen molar-refractivity contribution in [1.82, 2.24) is 5.32 Å². The van der Waals surface area contributed by atoms with Crippen LogP contribution in [0, 0.1) is 5.92 Å². The monoisotopic (exact) mass is 399 g/mol. The Morgan fingerprint density at radius 1 is 0.967 bits per heavy atom. The Hall–Kier alpha value is -3.07. The largest absolute Gasteiger partial charge is 0.489 e. The lowest BCUT2D eigenvalue weighted by atomic mass is 9.82. The maximum atomic E-state index is 11.9. The van der Waals surface area contributed by atoms with Crippen LogP contribution in [0.5, 0.6) is 5.75 Å². The van der Waals surface area contributed by atoms with E-state index in [0.29, 0.717) is 25.5 Å². The Morgan fingerprint density at radius 2 is 1.73 bits per heavy atom. The zero-order valence-corrected chi connectivity index (χ0v) is 17.6. The number of aryl methyl sites for hydroxylation is 1. The number of nitrogens with one attached hydrogen (secondary N) is 1. The minimum absolute atomic E-state index is 0.171. The first-order chi connectivity index (χ1) is 14.7. The van der Waals surface area contributed by atoms with Gasteiger partial charge in [-0.2, -0.15) is 0 Å². The summed E-state index contributed by atoms with van der Waals surface area (Å²) < 4.78 is 6.06. The molecule has 1 aliphatic carbocycles. The van der Waals surface area contributed by atoms with E-state index in [0.717, 1.165) is 30.6 Å². The molecular formula is C27H29NO2. The molecule has 0 aliphatic heterocycles. The normalized spacial score (nSPS) is 15.3. The first kappa shape index (κ1) is 20.2. The van der Waals surface area contributed by atoms with Gasteiger partial charge >= 0.3 is 0 Å². The van der Waals surface area contributed by atoms with Crippen molar-refractivity contribution in [2.45, 2.75) is 39.2 Å². The van der Waals surface area contributed by atoms with E-state index in [-0.39, 0.29) is 5.91 Å². The average Bonchev–Trinajstić information content (AvgIpc) is 2.79. The van der Waals surface area contributed by atoms with Gasteiger partial charge in [-0.05, 0) is 72.1 Å². The lowest BCUT2D eigenvalue weighted by Crippen LogP contribution is -2.27. The molecule has 3 heteroatoms. The predicted molar refractivity (Wildman–Crippen MR) is 121 cm³/mol. The summed E-state index contributed by atoms with van der Waals surface area (Å²) in [5.41, 5.74) is 6.32. The number of amides is 1. The fraction of sp³-hybridized carbons (Fsp3) is 0.296. The first-order valence-corrected chi connectivity index (χ1v) is 10.9. The number of rotatable bonds is 7. The smallest absolute Gasteiger partial charge is 0.220 e. The molecule has 1 amide bonds. The van der Waals surface area contributed by atoms with Crippen LogP contribution in [-0.4, -0.2) is 12.5 Å². The zero-order valence-electron chi connectivity index (χ0n) is 17.6. The predicted octanol–water partition coefficient (Wildman–Crippen LogP) is 5.56. The minimum Gasteiger partial charge on any atom is -0.489 e. The van der Waals surface area contributed by atoms with Crippen molar-refractivity contribution in [3.63, 3.8) is 0 Å². The van der Waals surface area contributed by atoms with Gasteiger partial charge in [0, 0.05) is 13.0 Å². The molecule has 30 heavy (non-hydrogen) atoms. The molecule has 0 spiro atoms. The SMILES string of the molecule is CCNC(=O)CC1CCc2cc(OCc3ccc(-c4ccccc4)cc3)ccc2C1. The second kappa shape index (κ2) is 9.62. The Balaban J connectivity index is 1.34. The summed E-state index contributed by atoms with van der Waals surface area (Å²) in [4.78, 5) is 11.9. The number of hydrogen-bond donors (Lipinski definition) is 1. The van der Waals surface area contributed by atoms with Crippen molar-refractivity contribution in [1.29, 1.82) is 0 Å². The molecule has 0 fully saturated rings. The van der Waals surface area contributed by atoms with Crippen LogP contribution >= 0.6 is 0 Å². The van der Waals surface area contributed by atoms with Gasteiger partial charge in [0.05, 0.1) is 0 Å². The van der Waals surface area contributed by atoms with E-state index in [9.17, 15) is 4.79 Å². The van der Waals surface area contributed by atoms with E-state index < -0.39 is 0 Å². The van der Waals surface area contributed by atoms with Crippen molar-refractivity contribution >= 4 is 5.91 Å². The van der Waals surface area contributed by atoms with Crippen LogP contribution in [0.3, 0.4) is 0 Å². The maximum Gasteiger partial charge on any atom is 0.220 e. The number of ether oxygens (including phenoxy) is 1. The lowest BCUT2D eigenvalue weighted by molar-refractivity contribution is -0.122. The molecule has 4 rings (SSSR count). The van der Waals surface area contributed by atoms with Crippen LogP contribution in [0.2, 0.25) is 0 Å². The molecular weight excluding hydrogens is 370 g/mol. The van der Waals surface area contributed by atoms with Gasteiger partial charge in [0.25, 0.3) is 0 Å². The van der Waals surface area contributed by atoms with E-state index in [1.54, 1.807) is 0 Å². The van der Waals surface area contributed by atoms with Crippen molar-refractivity contribution in [3.05, 3.63) is 89.5 Å². The highest BCUT2D eigenvalue weighted by Gasteiger charge is 2.21. The van der Waals surface area contributed by atoms with Crippen molar-refractivity contribution in [2.24, 2.45) is 5.92 Å². The highest BCUT2D eigenvalue weighted by atomic mass is 16.5. The van der Waals surface area contributed by atoms with Gasteiger partial charge in [-0.25, -0.2) is 0 Å². The molecule has 3 aromatic rings. The molecule has 0 aromatic heterocycles. The van der Waals surface area contributed by atoms with E-state index in [1.807, 2.05) is 13.0 Å². The number of benzene rings is 3. The summed E-state index contributed by atoms with van der Waals surface area (Å²) in [7, 11) is 0. The molecule has 0 bridgehead atoms. The zero-order chi connectivity index (χ0) is 20.8. The van der Waals surface area contributed by atoms with Gasteiger partial charge in [0.1, 0.15) is 12.4 Å². The molecule has 3 aromatic carbocycles. The topological polar surface area (TPSA) is 38.3 Å². The fourth-order valence-corrected chi connectivity index (χ4v) is 4.19. The summed E-state index contributed by atoms with van der Waals surface area (Å²) in [6.07, 6.45) is 3.69.